The lowest BCUT2D eigenvalue weighted by Gasteiger charge is -2.32. The Morgan fingerprint density at radius 1 is 1.55 bits per heavy atom. The van der Waals surface area contributed by atoms with Gasteiger partial charge < -0.3 is 0 Å². The second-order valence-electron chi connectivity index (χ2n) is 4.13. The van der Waals surface area contributed by atoms with Crippen molar-refractivity contribution in [2.75, 3.05) is 0 Å². The van der Waals surface area contributed by atoms with Gasteiger partial charge in [0.15, 0.2) is 0 Å². The summed E-state index contributed by atoms with van der Waals surface area (Å²) in [6.45, 7) is 9.28. The van der Waals surface area contributed by atoms with Crippen LogP contribution in [-0.2, 0) is 0 Å². The van der Waals surface area contributed by atoms with Gasteiger partial charge in [0.1, 0.15) is 0 Å². The lowest BCUT2D eigenvalue weighted by atomic mass is 9.73. The van der Waals surface area contributed by atoms with E-state index < -0.39 is 0 Å². The summed E-state index contributed by atoms with van der Waals surface area (Å²) in [5, 5.41) is 0. The maximum Gasteiger partial charge on any atom is -0.0166 e. The van der Waals surface area contributed by atoms with Crippen LogP contribution in [-0.4, -0.2) is 0 Å². The zero-order valence-electron chi connectivity index (χ0n) is 8.22. The Morgan fingerprint density at radius 2 is 2.09 bits per heavy atom. The quantitative estimate of drug-likeness (QED) is 0.542. The normalized spacial score (nSPS) is 28.7. The average Bonchev–Trinajstić information content (AvgIpc) is 1.96. The van der Waals surface area contributed by atoms with Crippen LogP contribution in [0.4, 0.5) is 0 Å². The van der Waals surface area contributed by atoms with E-state index in [0.717, 1.165) is 17.8 Å². The monoisotopic (exact) mass is 152 g/mol. The fourth-order valence-electron chi connectivity index (χ4n) is 1.84. The Bertz CT molecular complexity index is 155. The molecule has 0 N–H and O–H groups in total. The SMILES string of the molecule is CCC(C)C(C)C1C=C(C)C1. The molecule has 1 aliphatic rings. The van der Waals surface area contributed by atoms with Gasteiger partial charge in [0, 0.05) is 0 Å². The summed E-state index contributed by atoms with van der Waals surface area (Å²) in [4.78, 5) is 0. The van der Waals surface area contributed by atoms with Crippen LogP contribution >= 0.6 is 0 Å². The molecule has 0 heterocycles. The first-order valence-electron chi connectivity index (χ1n) is 4.82. The molecule has 0 spiro atoms. The van der Waals surface area contributed by atoms with Crippen molar-refractivity contribution in [3.05, 3.63) is 11.6 Å². The van der Waals surface area contributed by atoms with Gasteiger partial charge in [-0.15, -0.1) is 0 Å². The van der Waals surface area contributed by atoms with Crippen molar-refractivity contribution in [1.29, 1.82) is 0 Å². The molecule has 0 bridgehead atoms. The molecule has 1 rings (SSSR count). The third kappa shape index (κ3) is 1.85. The largest absolute Gasteiger partial charge is 0.0819 e. The Labute approximate surface area is 70.7 Å². The predicted molar refractivity (Wildman–Crippen MR) is 50.5 cm³/mol. The summed E-state index contributed by atoms with van der Waals surface area (Å²) < 4.78 is 0. The average molecular weight is 152 g/mol. The summed E-state index contributed by atoms with van der Waals surface area (Å²) >= 11 is 0. The first-order chi connectivity index (χ1) is 5.15. The second kappa shape index (κ2) is 3.42. The van der Waals surface area contributed by atoms with Crippen molar-refractivity contribution in [2.24, 2.45) is 17.8 Å². The molecule has 1 aliphatic carbocycles. The molecular weight excluding hydrogens is 132 g/mol. The van der Waals surface area contributed by atoms with Crippen molar-refractivity contribution < 1.29 is 0 Å². The molecule has 0 aromatic rings. The van der Waals surface area contributed by atoms with Crippen LogP contribution in [0.1, 0.15) is 40.5 Å². The van der Waals surface area contributed by atoms with Crippen molar-refractivity contribution in [1.82, 2.24) is 0 Å². The van der Waals surface area contributed by atoms with Crippen molar-refractivity contribution in [3.63, 3.8) is 0 Å². The molecule has 64 valence electrons. The number of hydrogen-bond donors (Lipinski definition) is 0. The number of rotatable bonds is 3. The third-order valence-corrected chi connectivity index (χ3v) is 3.27. The fourth-order valence-corrected chi connectivity index (χ4v) is 1.84. The van der Waals surface area contributed by atoms with Crippen LogP contribution in [0.5, 0.6) is 0 Å². The van der Waals surface area contributed by atoms with Crippen LogP contribution in [0, 0.1) is 17.8 Å². The second-order valence-corrected chi connectivity index (χ2v) is 4.13. The molecule has 0 nitrogen and oxygen atoms in total. The van der Waals surface area contributed by atoms with Gasteiger partial charge >= 0.3 is 0 Å². The van der Waals surface area contributed by atoms with E-state index in [9.17, 15) is 0 Å². The van der Waals surface area contributed by atoms with Gasteiger partial charge in [0.2, 0.25) is 0 Å². The van der Waals surface area contributed by atoms with E-state index in [-0.39, 0.29) is 0 Å². The molecular formula is C11H20. The maximum absolute atomic E-state index is 2.44. The minimum atomic E-state index is 0.892. The van der Waals surface area contributed by atoms with Gasteiger partial charge in [-0.1, -0.05) is 38.8 Å². The lowest BCUT2D eigenvalue weighted by Crippen LogP contribution is -2.22. The van der Waals surface area contributed by atoms with Crippen LogP contribution < -0.4 is 0 Å². The Balaban J connectivity index is 2.38. The number of hydrogen-bond acceptors (Lipinski definition) is 0. The highest BCUT2D eigenvalue weighted by atomic mass is 14.3. The van der Waals surface area contributed by atoms with E-state index in [1.165, 1.54) is 12.8 Å². The fraction of sp³-hybridized carbons (Fsp3) is 0.818. The number of allylic oxidation sites excluding steroid dienone is 2. The van der Waals surface area contributed by atoms with E-state index in [0.29, 0.717) is 0 Å². The minimum absolute atomic E-state index is 0.892. The molecule has 3 atom stereocenters. The van der Waals surface area contributed by atoms with Gasteiger partial charge in [-0.25, -0.2) is 0 Å². The Kier molecular flexibility index (Phi) is 2.75. The van der Waals surface area contributed by atoms with Crippen molar-refractivity contribution in [3.8, 4) is 0 Å². The molecule has 0 radical (unpaired) electrons. The van der Waals surface area contributed by atoms with Gasteiger partial charge in [-0.2, -0.15) is 0 Å². The van der Waals surface area contributed by atoms with Gasteiger partial charge in [-0.05, 0) is 31.1 Å². The smallest absolute Gasteiger partial charge is 0.0166 e. The van der Waals surface area contributed by atoms with Crippen LogP contribution in [0.25, 0.3) is 0 Å². The Morgan fingerprint density at radius 3 is 2.45 bits per heavy atom. The zero-order chi connectivity index (χ0) is 8.43. The standard InChI is InChI=1S/C11H20/c1-5-9(3)10(4)11-6-8(2)7-11/h6,9-11H,5,7H2,1-4H3. The summed E-state index contributed by atoms with van der Waals surface area (Å²) in [6.07, 6.45) is 5.12. The molecule has 0 saturated carbocycles. The van der Waals surface area contributed by atoms with E-state index in [2.05, 4.69) is 33.8 Å². The molecule has 11 heavy (non-hydrogen) atoms. The first kappa shape index (κ1) is 8.83. The Hall–Kier alpha value is -0.260. The zero-order valence-corrected chi connectivity index (χ0v) is 8.22. The molecule has 0 aromatic heterocycles. The topological polar surface area (TPSA) is 0 Å². The van der Waals surface area contributed by atoms with Gasteiger partial charge in [0.25, 0.3) is 0 Å². The first-order valence-corrected chi connectivity index (χ1v) is 4.82. The summed E-state index contributed by atoms with van der Waals surface area (Å²) in [7, 11) is 0. The molecule has 0 aromatic carbocycles. The molecule has 0 saturated heterocycles. The predicted octanol–water partition coefficient (Wildman–Crippen LogP) is 3.63. The molecule has 0 aliphatic heterocycles. The summed E-state index contributed by atoms with van der Waals surface area (Å²) in [5.41, 5.74) is 1.59. The van der Waals surface area contributed by atoms with Gasteiger partial charge in [0.05, 0.1) is 0 Å². The van der Waals surface area contributed by atoms with E-state index in [4.69, 9.17) is 0 Å². The molecule has 3 unspecified atom stereocenters. The van der Waals surface area contributed by atoms with E-state index in [1.54, 1.807) is 5.57 Å². The van der Waals surface area contributed by atoms with Crippen molar-refractivity contribution in [2.45, 2.75) is 40.5 Å². The lowest BCUT2D eigenvalue weighted by molar-refractivity contribution is 0.277. The minimum Gasteiger partial charge on any atom is -0.0819 e. The molecule has 0 fully saturated rings. The molecule has 0 heteroatoms. The third-order valence-electron chi connectivity index (χ3n) is 3.27. The van der Waals surface area contributed by atoms with Crippen LogP contribution in [0.15, 0.2) is 11.6 Å². The van der Waals surface area contributed by atoms with Gasteiger partial charge in [-0.3, -0.25) is 0 Å². The highest BCUT2D eigenvalue weighted by Crippen LogP contribution is 2.36. The van der Waals surface area contributed by atoms with E-state index >= 15 is 0 Å². The van der Waals surface area contributed by atoms with Crippen LogP contribution in [0.2, 0.25) is 0 Å². The van der Waals surface area contributed by atoms with Crippen LogP contribution in [0.3, 0.4) is 0 Å². The highest BCUT2D eigenvalue weighted by molar-refractivity contribution is 5.15. The highest BCUT2D eigenvalue weighted by Gasteiger charge is 2.25. The van der Waals surface area contributed by atoms with Crippen molar-refractivity contribution >= 4 is 0 Å². The molecule has 0 amide bonds. The summed E-state index contributed by atoms with van der Waals surface area (Å²) in [6, 6.07) is 0. The maximum atomic E-state index is 2.44. The summed E-state index contributed by atoms with van der Waals surface area (Å²) in [5.74, 6) is 2.68. The van der Waals surface area contributed by atoms with E-state index in [1.807, 2.05) is 0 Å².